The van der Waals surface area contributed by atoms with Crippen molar-refractivity contribution in [3.63, 3.8) is 0 Å². The van der Waals surface area contributed by atoms with Crippen LogP contribution in [0.2, 0.25) is 0 Å². The van der Waals surface area contributed by atoms with Crippen molar-refractivity contribution in [3.05, 3.63) is 49.3 Å². The third-order valence-corrected chi connectivity index (χ3v) is 5.88. The number of nitrogens with zero attached hydrogens (tertiary/aromatic N) is 3. The second-order valence-electron chi connectivity index (χ2n) is 6.89. The maximum absolute atomic E-state index is 13.3. The lowest BCUT2D eigenvalue weighted by molar-refractivity contribution is 0.0991. The molecule has 3 aromatic heterocycles. The number of hydrogen-bond acceptors (Lipinski definition) is 7. The van der Waals surface area contributed by atoms with Gasteiger partial charge in [-0.15, -0.1) is 11.3 Å². The number of nitrogens with one attached hydrogen (secondary N) is 1. The van der Waals surface area contributed by atoms with E-state index in [1.165, 1.54) is 20.8 Å². The molecule has 0 saturated carbocycles. The van der Waals surface area contributed by atoms with Crippen LogP contribution in [-0.4, -0.2) is 27.0 Å². The van der Waals surface area contributed by atoms with E-state index in [9.17, 15) is 14.4 Å². The number of unbranched alkanes of at least 4 members (excludes halogenated alkanes) is 1. The Balaban J connectivity index is 2.05. The second-order valence-corrected chi connectivity index (χ2v) is 7.89. The van der Waals surface area contributed by atoms with Crippen LogP contribution in [0.1, 0.15) is 47.8 Å². The number of hydrogen-bond donors (Lipinski definition) is 2. The molecule has 0 aromatic carbocycles. The molecule has 3 N–H and O–H groups in total. The predicted molar refractivity (Wildman–Crippen MR) is 117 cm³/mol. The second kappa shape index (κ2) is 8.70. The first-order valence-corrected chi connectivity index (χ1v) is 10.6. The number of carbonyl (C=O) groups excluding carboxylic acids is 1. The molecule has 30 heavy (non-hydrogen) atoms. The van der Waals surface area contributed by atoms with Gasteiger partial charge in [-0.05, 0) is 39.3 Å². The van der Waals surface area contributed by atoms with Gasteiger partial charge in [0.15, 0.2) is 16.5 Å². The van der Waals surface area contributed by atoms with Gasteiger partial charge in [0.1, 0.15) is 16.5 Å². The third-order valence-electron chi connectivity index (χ3n) is 4.72. The summed E-state index contributed by atoms with van der Waals surface area (Å²) in [7, 11) is 0. The quantitative estimate of drug-likeness (QED) is 0.592. The smallest absolute Gasteiger partial charge is 0.330 e. The Morgan fingerprint density at radius 2 is 2.03 bits per heavy atom. The Labute approximate surface area is 177 Å². The lowest BCUT2D eigenvalue weighted by Gasteiger charge is -2.22. The van der Waals surface area contributed by atoms with Crippen molar-refractivity contribution in [3.8, 4) is 10.8 Å². The Morgan fingerprint density at radius 1 is 1.30 bits per heavy atom. The highest BCUT2D eigenvalue weighted by atomic mass is 32.1. The topological polar surface area (TPSA) is 127 Å². The molecule has 0 aliphatic carbocycles. The Bertz CT molecular complexity index is 1190. The summed E-state index contributed by atoms with van der Waals surface area (Å²) in [5.41, 5.74) is 5.41. The molecule has 1 amide bonds. The van der Waals surface area contributed by atoms with E-state index in [1.807, 2.05) is 19.9 Å². The van der Waals surface area contributed by atoms with Gasteiger partial charge >= 0.3 is 5.69 Å². The fraction of sp³-hybridized carbons (Fsp3) is 0.400. The number of H-pyrrole nitrogens is 1. The highest BCUT2D eigenvalue weighted by Gasteiger charge is 2.27. The van der Waals surface area contributed by atoms with Crippen molar-refractivity contribution in [2.24, 2.45) is 0 Å². The van der Waals surface area contributed by atoms with Gasteiger partial charge in [-0.25, -0.2) is 9.78 Å². The molecule has 9 nitrogen and oxygen atoms in total. The maximum Gasteiger partial charge on any atom is 0.330 e. The van der Waals surface area contributed by atoms with Crippen LogP contribution in [0.25, 0.3) is 10.8 Å². The Kier molecular flexibility index (Phi) is 6.25. The molecule has 3 aromatic rings. The van der Waals surface area contributed by atoms with E-state index in [0.29, 0.717) is 27.9 Å². The molecule has 0 spiro atoms. The van der Waals surface area contributed by atoms with E-state index in [1.54, 1.807) is 19.9 Å². The van der Waals surface area contributed by atoms with Gasteiger partial charge in [-0.1, -0.05) is 13.3 Å². The number of rotatable bonds is 7. The molecule has 3 rings (SSSR count). The molecule has 0 radical (unpaired) electrons. The Morgan fingerprint density at radius 3 is 2.63 bits per heavy atom. The molecule has 0 bridgehead atoms. The summed E-state index contributed by atoms with van der Waals surface area (Å²) in [5.74, 6) is 0.902. The van der Waals surface area contributed by atoms with Crippen LogP contribution < -0.4 is 21.9 Å². The van der Waals surface area contributed by atoms with E-state index in [4.69, 9.17) is 10.2 Å². The molecule has 0 atom stereocenters. The zero-order valence-electron chi connectivity index (χ0n) is 17.4. The summed E-state index contributed by atoms with van der Waals surface area (Å²) in [6, 6.07) is 3.62. The fourth-order valence-electron chi connectivity index (χ4n) is 3.15. The summed E-state index contributed by atoms with van der Waals surface area (Å²) in [5, 5.41) is 0.579. The van der Waals surface area contributed by atoms with E-state index in [0.717, 1.165) is 18.6 Å². The van der Waals surface area contributed by atoms with Crippen molar-refractivity contribution < 1.29 is 9.21 Å². The van der Waals surface area contributed by atoms with Crippen LogP contribution in [0, 0.1) is 13.8 Å². The van der Waals surface area contributed by atoms with Crippen LogP contribution in [0.5, 0.6) is 0 Å². The largest absolute Gasteiger partial charge is 0.459 e. The molecule has 0 aliphatic heterocycles. The van der Waals surface area contributed by atoms with Crippen molar-refractivity contribution in [1.29, 1.82) is 0 Å². The highest BCUT2D eigenvalue weighted by Crippen LogP contribution is 2.31. The van der Waals surface area contributed by atoms with E-state index in [2.05, 4.69) is 9.97 Å². The number of amides is 1. The number of anilines is 2. The normalized spacial score (nSPS) is 11.1. The van der Waals surface area contributed by atoms with Gasteiger partial charge in [-0.2, -0.15) is 0 Å². The minimum absolute atomic E-state index is 0.0172. The number of nitrogen functional groups attached to an aromatic ring is 1. The Hall–Kier alpha value is -3.14. The lowest BCUT2D eigenvalue weighted by Crippen LogP contribution is -2.41. The van der Waals surface area contributed by atoms with Crippen molar-refractivity contribution in [2.75, 3.05) is 17.2 Å². The number of thiazole rings is 1. The molecule has 10 heteroatoms. The first-order chi connectivity index (χ1) is 14.3. The van der Waals surface area contributed by atoms with Gasteiger partial charge in [0, 0.05) is 13.1 Å². The zero-order valence-corrected chi connectivity index (χ0v) is 18.3. The summed E-state index contributed by atoms with van der Waals surface area (Å²) in [6.45, 7) is 7.85. The standard InChI is InChI=1S/C20H25N5O4S/c1-5-7-10-25-16(21)14(17(26)23-20(25)28)24(6-2)19(27)15-12(4)22-18(30-15)13-9-8-11(3)29-13/h8-9H,5-7,10,21H2,1-4H3,(H,23,26,28). The third kappa shape index (κ3) is 3.95. The van der Waals surface area contributed by atoms with Crippen molar-refractivity contribution in [2.45, 2.75) is 47.1 Å². The fourth-order valence-corrected chi connectivity index (χ4v) is 4.13. The first kappa shape index (κ1) is 21.6. The number of carbonyl (C=O) groups is 1. The van der Waals surface area contributed by atoms with Gasteiger partial charge in [0.2, 0.25) is 0 Å². The molecule has 0 aliphatic rings. The van der Waals surface area contributed by atoms with Crippen LogP contribution >= 0.6 is 11.3 Å². The SMILES string of the molecule is CCCCn1c(N)c(N(CC)C(=O)c2sc(-c3ccc(C)o3)nc2C)c(=O)[nH]c1=O. The van der Waals surface area contributed by atoms with Gasteiger partial charge in [0.05, 0.1) is 5.69 Å². The number of nitrogens with two attached hydrogens (primary N) is 1. The van der Waals surface area contributed by atoms with Crippen LogP contribution in [0.15, 0.2) is 26.1 Å². The number of aromatic nitrogens is 3. The zero-order chi connectivity index (χ0) is 22.0. The monoisotopic (exact) mass is 431 g/mol. The first-order valence-electron chi connectivity index (χ1n) is 9.77. The predicted octanol–water partition coefficient (Wildman–Crippen LogP) is 2.92. The molecular weight excluding hydrogens is 406 g/mol. The summed E-state index contributed by atoms with van der Waals surface area (Å²) in [6.07, 6.45) is 1.57. The van der Waals surface area contributed by atoms with E-state index in [-0.39, 0.29) is 18.1 Å². The minimum Gasteiger partial charge on any atom is -0.459 e. The van der Waals surface area contributed by atoms with Gasteiger partial charge < -0.3 is 10.2 Å². The molecule has 160 valence electrons. The highest BCUT2D eigenvalue weighted by molar-refractivity contribution is 7.17. The van der Waals surface area contributed by atoms with Crippen LogP contribution in [0.3, 0.4) is 0 Å². The molecule has 0 saturated heterocycles. The number of furan rings is 1. The van der Waals surface area contributed by atoms with Gasteiger partial charge in [0.25, 0.3) is 11.5 Å². The molecule has 0 fully saturated rings. The average molecular weight is 432 g/mol. The summed E-state index contributed by atoms with van der Waals surface area (Å²) in [4.78, 5) is 46.5. The van der Waals surface area contributed by atoms with Crippen LogP contribution in [-0.2, 0) is 6.54 Å². The average Bonchev–Trinajstić information content (AvgIpc) is 3.30. The number of aromatic amines is 1. The van der Waals surface area contributed by atoms with E-state index < -0.39 is 17.2 Å². The molecular formula is C20H25N5O4S. The van der Waals surface area contributed by atoms with Crippen molar-refractivity contribution in [1.82, 2.24) is 14.5 Å². The summed E-state index contributed by atoms with van der Waals surface area (Å²) < 4.78 is 6.90. The number of aryl methyl sites for hydroxylation is 2. The van der Waals surface area contributed by atoms with Crippen molar-refractivity contribution >= 4 is 28.7 Å². The summed E-state index contributed by atoms with van der Waals surface area (Å²) >= 11 is 1.19. The van der Waals surface area contributed by atoms with E-state index >= 15 is 0 Å². The maximum atomic E-state index is 13.3. The van der Waals surface area contributed by atoms with Crippen LogP contribution in [0.4, 0.5) is 11.5 Å². The lowest BCUT2D eigenvalue weighted by atomic mass is 10.3. The molecule has 3 heterocycles. The minimum atomic E-state index is -0.690. The molecule has 0 unspecified atom stereocenters. The van der Waals surface area contributed by atoms with Gasteiger partial charge in [-0.3, -0.25) is 24.0 Å².